The maximum atomic E-state index is 5.48. The van der Waals surface area contributed by atoms with Crippen LogP contribution in [0.3, 0.4) is 0 Å². The van der Waals surface area contributed by atoms with E-state index in [4.69, 9.17) is 4.74 Å². The summed E-state index contributed by atoms with van der Waals surface area (Å²) in [5.41, 5.74) is 2.62. The smallest absolute Gasteiger partial charge is 0.122 e. The third kappa shape index (κ3) is 5.96. The summed E-state index contributed by atoms with van der Waals surface area (Å²) in [7, 11) is 3.83. The zero-order chi connectivity index (χ0) is 14.8. The first-order valence-corrected chi connectivity index (χ1v) is 8.02. The number of unbranched alkanes of at least 4 members (excludes halogenated alkanes) is 4. The first-order chi connectivity index (χ1) is 9.71. The van der Waals surface area contributed by atoms with E-state index in [2.05, 4.69) is 44.4 Å². The van der Waals surface area contributed by atoms with Crippen LogP contribution in [0.15, 0.2) is 18.2 Å². The summed E-state index contributed by atoms with van der Waals surface area (Å²) in [5, 5.41) is 3.46. The van der Waals surface area contributed by atoms with Crippen LogP contribution in [0.25, 0.3) is 0 Å². The molecule has 0 radical (unpaired) electrons. The van der Waals surface area contributed by atoms with E-state index in [1.807, 2.05) is 0 Å². The van der Waals surface area contributed by atoms with Crippen molar-refractivity contribution < 1.29 is 4.74 Å². The van der Waals surface area contributed by atoms with Gasteiger partial charge in [0.25, 0.3) is 0 Å². The summed E-state index contributed by atoms with van der Waals surface area (Å²) >= 11 is 0. The predicted molar refractivity (Wildman–Crippen MR) is 87.7 cm³/mol. The Morgan fingerprint density at radius 2 is 1.90 bits per heavy atom. The van der Waals surface area contributed by atoms with E-state index in [1.54, 1.807) is 7.11 Å². The van der Waals surface area contributed by atoms with Crippen LogP contribution < -0.4 is 10.1 Å². The summed E-state index contributed by atoms with van der Waals surface area (Å²) in [6, 6.07) is 6.99. The Balaban J connectivity index is 2.48. The number of benzene rings is 1. The fourth-order valence-corrected chi connectivity index (χ4v) is 2.68. The summed E-state index contributed by atoms with van der Waals surface area (Å²) in [5.74, 6) is 1.02. The van der Waals surface area contributed by atoms with Crippen molar-refractivity contribution in [3.8, 4) is 5.75 Å². The largest absolute Gasteiger partial charge is 0.496 e. The van der Waals surface area contributed by atoms with Crippen molar-refractivity contribution in [3.63, 3.8) is 0 Å². The molecule has 114 valence electrons. The molecule has 0 aliphatic rings. The number of hydrogen-bond acceptors (Lipinski definition) is 2. The Bertz CT molecular complexity index is 376. The van der Waals surface area contributed by atoms with Gasteiger partial charge in [-0.1, -0.05) is 56.7 Å². The minimum absolute atomic E-state index is 0.548. The first kappa shape index (κ1) is 17.0. The quantitative estimate of drug-likeness (QED) is 0.636. The lowest BCUT2D eigenvalue weighted by Crippen LogP contribution is -2.27. The van der Waals surface area contributed by atoms with E-state index in [0.29, 0.717) is 6.04 Å². The lowest BCUT2D eigenvalue weighted by atomic mass is 9.98. The molecule has 1 rings (SSSR count). The van der Waals surface area contributed by atoms with Crippen LogP contribution in [-0.2, 0) is 6.42 Å². The van der Waals surface area contributed by atoms with Gasteiger partial charge in [-0.3, -0.25) is 0 Å². The zero-order valence-corrected chi connectivity index (χ0v) is 13.7. The third-order valence-electron chi connectivity index (χ3n) is 3.97. The zero-order valence-electron chi connectivity index (χ0n) is 13.7. The van der Waals surface area contributed by atoms with Gasteiger partial charge in [0, 0.05) is 6.04 Å². The summed E-state index contributed by atoms with van der Waals surface area (Å²) in [6.45, 7) is 4.41. The minimum Gasteiger partial charge on any atom is -0.496 e. The molecule has 1 aromatic carbocycles. The highest BCUT2D eigenvalue weighted by molar-refractivity contribution is 5.37. The topological polar surface area (TPSA) is 21.3 Å². The molecule has 0 aliphatic carbocycles. The second-order valence-corrected chi connectivity index (χ2v) is 5.71. The minimum atomic E-state index is 0.548. The lowest BCUT2D eigenvalue weighted by Gasteiger charge is -2.18. The molecule has 0 heterocycles. The Morgan fingerprint density at radius 1 is 1.15 bits per heavy atom. The third-order valence-corrected chi connectivity index (χ3v) is 3.97. The normalized spacial score (nSPS) is 12.4. The first-order valence-electron chi connectivity index (χ1n) is 8.02. The van der Waals surface area contributed by atoms with E-state index in [0.717, 1.165) is 12.2 Å². The summed E-state index contributed by atoms with van der Waals surface area (Å²) in [6.07, 6.45) is 9.04. The second kappa shape index (κ2) is 9.82. The van der Waals surface area contributed by atoms with Crippen molar-refractivity contribution in [1.82, 2.24) is 5.32 Å². The maximum Gasteiger partial charge on any atom is 0.122 e. The fraction of sp³-hybridized carbons (Fsp3) is 0.667. The van der Waals surface area contributed by atoms with Crippen LogP contribution in [0.2, 0.25) is 0 Å². The molecule has 0 saturated heterocycles. The monoisotopic (exact) mass is 277 g/mol. The van der Waals surface area contributed by atoms with Crippen molar-refractivity contribution in [3.05, 3.63) is 29.3 Å². The number of hydrogen-bond donors (Lipinski definition) is 1. The molecular weight excluding hydrogens is 246 g/mol. The van der Waals surface area contributed by atoms with Gasteiger partial charge in [-0.15, -0.1) is 0 Å². The van der Waals surface area contributed by atoms with Crippen LogP contribution in [0.5, 0.6) is 5.75 Å². The number of aryl methyl sites for hydroxylation is 1. The second-order valence-electron chi connectivity index (χ2n) is 5.71. The fourth-order valence-electron chi connectivity index (χ4n) is 2.68. The van der Waals surface area contributed by atoms with E-state index in [9.17, 15) is 0 Å². The number of nitrogens with one attached hydrogen (secondary N) is 1. The number of methoxy groups -OCH3 is 1. The summed E-state index contributed by atoms with van der Waals surface area (Å²) < 4.78 is 5.48. The standard InChI is InChI=1S/C18H31NO/c1-5-6-7-8-9-10-17(19-3)14-16-13-15(2)11-12-18(16)20-4/h11-13,17,19H,5-10,14H2,1-4H3. The lowest BCUT2D eigenvalue weighted by molar-refractivity contribution is 0.403. The number of ether oxygens (including phenoxy) is 1. The number of rotatable bonds is 10. The van der Waals surface area contributed by atoms with Crippen LogP contribution >= 0.6 is 0 Å². The van der Waals surface area contributed by atoms with Gasteiger partial charge in [-0.25, -0.2) is 0 Å². The Hall–Kier alpha value is -1.02. The predicted octanol–water partition coefficient (Wildman–Crippen LogP) is 4.49. The molecule has 1 N–H and O–H groups in total. The Kier molecular flexibility index (Phi) is 8.36. The Labute approximate surface area is 124 Å². The van der Waals surface area contributed by atoms with Crippen molar-refractivity contribution in [2.75, 3.05) is 14.2 Å². The van der Waals surface area contributed by atoms with Gasteiger partial charge in [0.1, 0.15) is 5.75 Å². The molecule has 0 bridgehead atoms. The molecule has 0 spiro atoms. The van der Waals surface area contributed by atoms with Gasteiger partial charge in [0.15, 0.2) is 0 Å². The molecule has 20 heavy (non-hydrogen) atoms. The highest BCUT2D eigenvalue weighted by Crippen LogP contribution is 2.22. The molecule has 2 heteroatoms. The van der Waals surface area contributed by atoms with Gasteiger partial charge in [0.05, 0.1) is 7.11 Å². The van der Waals surface area contributed by atoms with Gasteiger partial charge < -0.3 is 10.1 Å². The van der Waals surface area contributed by atoms with Crippen molar-refractivity contribution >= 4 is 0 Å². The molecule has 1 unspecified atom stereocenters. The molecule has 0 aromatic heterocycles. The average Bonchev–Trinajstić information content (AvgIpc) is 2.46. The molecule has 0 aliphatic heterocycles. The van der Waals surface area contributed by atoms with E-state index < -0.39 is 0 Å². The van der Waals surface area contributed by atoms with Crippen molar-refractivity contribution in [2.24, 2.45) is 0 Å². The van der Waals surface area contributed by atoms with Gasteiger partial charge in [-0.2, -0.15) is 0 Å². The SMILES string of the molecule is CCCCCCCC(Cc1cc(C)ccc1OC)NC. The van der Waals surface area contributed by atoms with Crippen LogP contribution in [0, 0.1) is 6.92 Å². The van der Waals surface area contributed by atoms with Crippen molar-refractivity contribution in [1.29, 1.82) is 0 Å². The average molecular weight is 277 g/mol. The molecule has 0 fully saturated rings. The van der Waals surface area contributed by atoms with Gasteiger partial charge >= 0.3 is 0 Å². The highest BCUT2D eigenvalue weighted by Gasteiger charge is 2.11. The van der Waals surface area contributed by atoms with Crippen LogP contribution in [-0.4, -0.2) is 20.2 Å². The number of likely N-dealkylation sites (N-methyl/N-ethyl adjacent to an activating group) is 1. The molecule has 0 saturated carbocycles. The molecular formula is C18H31NO. The molecule has 2 nitrogen and oxygen atoms in total. The molecule has 1 atom stereocenters. The van der Waals surface area contributed by atoms with E-state index in [-0.39, 0.29) is 0 Å². The molecule has 1 aromatic rings. The summed E-state index contributed by atoms with van der Waals surface area (Å²) in [4.78, 5) is 0. The highest BCUT2D eigenvalue weighted by atomic mass is 16.5. The Morgan fingerprint density at radius 3 is 2.55 bits per heavy atom. The molecule has 0 amide bonds. The van der Waals surface area contributed by atoms with Crippen LogP contribution in [0.1, 0.15) is 56.6 Å². The van der Waals surface area contributed by atoms with E-state index >= 15 is 0 Å². The van der Waals surface area contributed by atoms with E-state index in [1.165, 1.54) is 49.7 Å². The van der Waals surface area contributed by atoms with Gasteiger partial charge in [0.2, 0.25) is 0 Å². The van der Waals surface area contributed by atoms with Crippen LogP contribution in [0.4, 0.5) is 0 Å². The maximum absolute atomic E-state index is 5.48. The van der Waals surface area contributed by atoms with Crippen molar-refractivity contribution in [2.45, 2.75) is 64.8 Å². The van der Waals surface area contributed by atoms with Gasteiger partial charge in [-0.05, 0) is 38.4 Å².